The van der Waals surface area contributed by atoms with Crippen molar-refractivity contribution in [2.24, 2.45) is 0 Å². The fourth-order valence-corrected chi connectivity index (χ4v) is 4.53. The zero-order valence-corrected chi connectivity index (χ0v) is 17.0. The van der Waals surface area contributed by atoms with Crippen LogP contribution in [-0.2, 0) is 16.1 Å². The van der Waals surface area contributed by atoms with E-state index in [4.69, 9.17) is 0 Å². The number of hydrogen-bond donors (Lipinski definition) is 3. The molecule has 0 saturated carbocycles. The predicted molar refractivity (Wildman–Crippen MR) is 106 cm³/mol. The van der Waals surface area contributed by atoms with E-state index in [1.165, 1.54) is 4.90 Å². The summed E-state index contributed by atoms with van der Waals surface area (Å²) in [6.45, 7) is 8.69. The number of amides is 4. The van der Waals surface area contributed by atoms with Gasteiger partial charge in [0.15, 0.2) is 0 Å². The molecule has 2 heterocycles. The van der Waals surface area contributed by atoms with Crippen LogP contribution >= 0.6 is 0 Å². The fourth-order valence-electron chi connectivity index (χ4n) is 4.53. The SMILES string of the molecule is CC1(C)CC(NC(=O)C[C@H]2NC(=O)N(Cc3ccccc3)C2=O)CC(C)(C)N1. The van der Waals surface area contributed by atoms with Gasteiger partial charge in [0, 0.05) is 17.1 Å². The summed E-state index contributed by atoms with van der Waals surface area (Å²) in [4.78, 5) is 38.5. The molecule has 2 fully saturated rings. The molecule has 0 radical (unpaired) electrons. The number of piperidine rings is 1. The highest BCUT2D eigenvalue weighted by atomic mass is 16.2. The van der Waals surface area contributed by atoms with Crippen LogP contribution in [0.1, 0.15) is 52.5 Å². The van der Waals surface area contributed by atoms with E-state index in [1.54, 1.807) is 0 Å². The summed E-state index contributed by atoms with van der Waals surface area (Å²) in [5.74, 6) is -0.561. The standard InChI is InChI=1S/C21H30N4O3/c1-20(2)11-15(12-21(3,4)24-20)22-17(26)10-16-18(27)25(19(28)23-16)13-14-8-6-5-7-9-14/h5-9,15-16,24H,10-13H2,1-4H3,(H,22,26)(H,23,28)/t16-/m1/s1. The number of hydrogen-bond acceptors (Lipinski definition) is 4. The van der Waals surface area contributed by atoms with Gasteiger partial charge >= 0.3 is 6.03 Å². The minimum Gasteiger partial charge on any atom is -0.353 e. The van der Waals surface area contributed by atoms with Crippen LogP contribution in [0.25, 0.3) is 0 Å². The van der Waals surface area contributed by atoms with Crippen LogP contribution in [-0.4, -0.2) is 45.9 Å². The van der Waals surface area contributed by atoms with Crippen LogP contribution in [0.2, 0.25) is 0 Å². The first-order valence-electron chi connectivity index (χ1n) is 9.79. The summed E-state index contributed by atoms with van der Waals surface area (Å²) in [5, 5.41) is 9.28. The number of benzene rings is 1. The summed E-state index contributed by atoms with van der Waals surface area (Å²) in [6, 6.07) is 8.11. The molecule has 2 saturated heterocycles. The molecule has 0 aromatic heterocycles. The first-order chi connectivity index (χ1) is 13.0. The Labute approximate surface area is 166 Å². The molecule has 1 aromatic carbocycles. The molecule has 2 aliphatic rings. The van der Waals surface area contributed by atoms with Gasteiger partial charge in [0.1, 0.15) is 6.04 Å². The Morgan fingerprint density at radius 2 is 1.71 bits per heavy atom. The Morgan fingerprint density at radius 1 is 1.11 bits per heavy atom. The van der Waals surface area contributed by atoms with Crippen molar-refractivity contribution in [2.75, 3.05) is 0 Å². The van der Waals surface area contributed by atoms with Gasteiger partial charge in [0.2, 0.25) is 5.91 Å². The minimum absolute atomic E-state index is 0.0337. The van der Waals surface area contributed by atoms with Crippen molar-refractivity contribution in [1.82, 2.24) is 20.9 Å². The van der Waals surface area contributed by atoms with Crippen LogP contribution in [0, 0.1) is 0 Å². The molecular formula is C21H30N4O3. The molecule has 7 heteroatoms. The average molecular weight is 386 g/mol. The molecule has 1 atom stereocenters. The monoisotopic (exact) mass is 386 g/mol. The van der Waals surface area contributed by atoms with Crippen molar-refractivity contribution in [3.63, 3.8) is 0 Å². The summed E-state index contributed by atoms with van der Waals surface area (Å²) >= 11 is 0. The first-order valence-corrected chi connectivity index (χ1v) is 9.79. The predicted octanol–water partition coefficient (Wildman–Crippen LogP) is 1.92. The van der Waals surface area contributed by atoms with E-state index in [1.807, 2.05) is 30.3 Å². The third-order valence-electron chi connectivity index (χ3n) is 5.24. The van der Waals surface area contributed by atoms with E-state index in [9.17, 15) is 14.4 Å². The van der Waals surface area contributed by atoms with Crippen molar-refractivity contribution < 1.29 is 14.4 Å². The second-order valence-corrected chi connectivity index (χ2v) is 9.18. The van der Waals surface area contributed by atoms with E-state index in [0.717, 1.165) is 18.4 Å². The minimum atomic E-state index is -0.807. The number of nitrogens with zero attached hydrogens (tertiary/aromatic N) is 1. The molecule has 4 amide bonds. The molecule has 3 N–H and O–H groups in total. The summed E-state index contributed by atoms with van der Waals surface area (Å²) in [6.07, 6.45) is 1.58. The largest absolute Gasteiger partial charge is 0.353 e. The highest BCUT2D eigenvalue weighted by Gasteiger charge is 2.41. The Hall–Kier alpha value is -2.41. The number of rotatable bonds is 5. The van der Waals surface area contributed by atoms with Crippen LogP contribution in [0.3, 0.4) is 0 Å². The van der Waals surface area contributed by atoms with E-state index in [2.05, 4.69) is 43.6 Å². The van der Waals surface area contributed by atoms with Gasteiger partial charge in [0.05, 0.1) is 13.0 Å². The molecule has 7 nitrogen and oxygen atoms in total. The third-order valence-corrected chi connectivity index (χ3v) is 5.24. The zero-order valence-electron chi connectivity index (χ0n) is 17.0. The van der Waals surface area contributed by atoms with Gasteiger partial charge in [-0.2, -0.15) is 0 Å². The quantitative estimate of drug-likeness (QED) is 0.675. The first kappa shape index (κ1) is 20.3. The number of carbonyl (C=O) groups excluding carboxylic acids is 3. The van der Waals surface area contributed by atoms with Crippen LogP contribution < -0.4 is 16.0 Å². The Morgan fingerprint density at radius 3 is 2.32 bits per heavy atom. The zero-order chi connectivity index (χ0) is 20.5. The van der Waals surface area contributed by atoms with E-state index >= 15 is 0 Å². The number of nitrogens with one attached hydrogen (secondary N) is 3. The molecule has 3 rings (SSSR count). The smallest absolute Gasteiger partial charge is 0.325 e. The molecule has 0 bridgehead atoms. The summed E-state index contributed by atoms with van der Waals surface area (Å²) < 4.78 is 0. The van der Waals surface area contributed by atoms with Crippen LogP contribution in [0.4, 0.5) is 4.79 Å². The maximum atomic E-state index is 12.6. The van der Waals surface area contributed by atoms with Gasteiger partial charge in [-0.25, -0.2) is 4.79 Å². The Balaban J connectivity index is 1.57. The van der Waals surface area contributed by atoms with Crippen LogP contribution in [0.5, 0.6) is 0 Å². The highest BCUT2D eigenvalue weighted by molar-refractivity contribution is 6.05. The van der Waals surface area contributed by atoms with Crippen molar-refractivity contribution >= 4 is 17.8 Å². The molecule has 0 aliphatic carbocycles. The average Bonchev–Trinajstić information content (AvgIpc) is 2.80. The number of urea groups is 1. The molecule has 2 aliphatic heterocycles. The number of carbonyl (C=O) groups is 3. The van der Waals surface area contributed by atoms with Crippen molar-refractivity contribution in [3.8, 4) is 0 Å². The molecular weight excluding hydrogens is 356 g/mol. The Bertz CT molecular complexity index is 744. The highest BCUT2D eigenvalue weighted by Crippen LogP contribution is 2.28. The summed E-state index contributed by atoms with van der Waals surface area (Å²) in [5.41, 5.74) is 0.711. The third kappa shape index (κ3) is 4.90. The van der Waals surface area contributed by atoms with Crippen molar-refractivity contribution in [1.29, 1.82) is 0 Å². The molecule has 28 heavy (non-hydrogen) atoms. The van der Waals surface area contributed by atoms with Gasteiger partial charge in [-0.15, -0.1) is 0 Å². The number of imide groups is 1. The van der Waals surface area contributed by atoms with Gasteiger partial charge in [0.25, 0.3) is 5.91 Å². The van der Waals surface area contributed by atoms with Gasteiger partial charge < -0.3 is 16.0 Å². The summed E-state index contributed by atoms with van der Waals surface area (Å²) in [7, 11) is 0. The fraction of sp³-hybridized carbons (Fsp3) is 0.571. The van der Waals surface area contributed by atoms with Crippen molar-refractivity contribution in [3.05, 3.63) is 35.9 Å². The maximum Gasteiger partial charge on any atom is 0.325 e. The molecule has 152 valence electrons. The van der Waals surface area contributed by atoms with E-state index in [-0.39, 0.29) is 41.9 Å². The normalized spacial score (nSPS) is 24.1. The van der Waals surface area contributed by atoms with Crippen molar-refractivity contribution in [2.45, 2.75) is 76.7 Å². The van der Waals surface area contributed by atoms with E-state index < -0.39 is 12.1 Å². The Kier molecular flexibility index (Phi) is 5.48. The van der Waals surface area contributed by atoms with Crippen LogP contribution in [0.15, 0.2) is 30.3 Å². The molecule has 1 aromatic rings. The van der Waals surface area contributed by atoms with Gasteiger partial charge in [-0.3, -0.25) is 14.5 Å². The molecule has 0 unspecified atom stereocenters. The second kappa shape index (κ2) is 7.54. The topological polar surface area (TPSA) is 90.5 Å². The maximum absolute atomic E-state index is 12.6. The molecule has 0 spiro atoms. The lowest BCUT2D eigenvalue weighted by Gasteiger charge is -2.46. The lowest BCUT2D eigenvalue weighted by molar-refractivity contribution is -0.131. The van der Waals surface area contributed by atoms with E-state index in [0.29, 0.717) is 0 Å². The van der Waals surface area contributed by atoms with Gasteiger partial charge in [-0.05, 0) is 46.1 Å². The lowest BCUT2D eigenvalue weighted by Crippen LogP contribution is -2.62. The second-order valence-electron chi connectivity index (χ2n) is 9.18. The van der Waals surface area contributed by atoms with Gasteiger partial charge in [-0.1, -0.05) is 30.3 Å². The lowest BCUT2D eigenvalue weighted by atomic mass is 9.79.